The number of halogens is 1. The van der Waals surface area contributed by atoms with Gasteiger partial charge in [0, 0.05) is 11.1 Å². The van der Waals surface area contributed by atoms with Crippen molar-refractivity contribution in [2.24, 2.45) is 0 Å². The number of hydrogen-bond donors (Lipinski definition) is 1. The summed E-state index contributed by atoms with van der Waals surface area (Å²) in [5.41, 5.74) is 7.02. The molecule has 0 atom stereocenters. The minimum atomic E-state index is -0.273. The van der Waals surface area contributed by atoms with Gasteiger partial charge >= 0.3 is 0 Å². The van der Waals surface area contributed by atoms with Gasteiger partial charge < -0.3 is 5.73 Å². The lowest BCUT2D eigenvalue weighted by Gasteiger charge is -2.08. The van der Waals surface area contributed by atoms with E-state index >= 15 is 0 Å². The van der Waals surface area contributed by atoms with Gasteiger partial charge in [-0.3, -0.25) is 4.79 Å². The zero-order valence-electron chi connectivity index (χ0n) is 8.64. The molecule has 16 heavy (non-hydrogen) atoms. The average Bonchev–Trinajstić information content (AvgIpc) is 2.23. The topological polar surface area (TPSA) is 60.9 Å². The van der Waals surface area contributed by atoms with E-state index in [1.165, 1.54) is 16.9 Å². The Balaban J connectivity index is 2.68. The highest BCUT2D eigenvalue weighted by atomic mass is 35.5. The molecule has 0 saturated carbocycles. The predicted octanol–water partition coefficient (Wildman–Crippen LogP) is 1.78. The maximum absolute atomic E-state index is 11.7. The third kappa shape index (κ3) is 1.79. The molecule has 0 radical (unpaired) electrons. The Kier molecular flexibility index (Phi) is 2.66. The van der Waals surface area contributed by atoms with Crippen molar-refractivity contribution in [1.29, 1.82) is 0 Å². The van der Waals surface area contributed by atoms with Crippen molar-refractivity contribution < 1.29 is 0 Å². The summed E-state index contributed by atoms with van der Waals surface area (Å²) < 4.78 is 1.28. The van der Waals surface area contributed by atoms with E-state index in [1.807, 2.05) is 6.92 Å². The maximum Gasteiger partial charge on any atom is 0.273 e. The van der Waals surface area contributed by atoms with Crippen LogP contribution in [0.4, 0.5) is 5.69 Å². The Bertz CT molecular complexity index is 592. The van der Waals surface area contributed by atoms with E-state index in [1.54, 1.807) is 18.2 Å². The summed E-state index contributed by atoms with van der Waals surface area (Å²) in [5.74, 6) is 0. The molecule has 0 spiro atoms. The molecule has 0 saturated heterocycles. The Hall–Kier alpha value is -1.81. The first kappa shape index (κ1) is 10.7. The summed E-state index contributed by atoms with van der Waals surface area (Å²) in [6, 6.07) is 6.65. The molecule has 5 heteroatoms. The van der Waals surface area contributed by atoms with E-state index in [4.69, 9.17) is 17.3 Å². The van der Waals surface area contributed by atoms with Gasteiger partial charge in [0.05, 0.1) is 17.6 Å². The van der Waals surface area contributed by atoms with Crippen molar-refractivity contribution in [3.63, 3.8) is 0 Å². The molecule has 4 nitrogen and oxygen atoms in total. The van der Waals surface area contributed by atoms with Crippen LogP contribution in [-0.2, 0) is 0 Å². The minimum absolute atomic E-state index is 0.273. The van der Waals surface area contributed by atoms with E-state index < -0.39 is 0 Å². The molecule has 1 aromatic carbocycles. The second-order valence-corrected chi connectivity index (χ2v) is 3.83. The van der Waals surface area contributed by atoms with Crippen LogP contribution in [0.15, 0.2) is 35.3 Å². The highest BCUT2D eigenvalue weighted by Crippen LogP contribution is 2.20. The van der Waals surface area contributed by atoms with E-state index in [9.17, 15) is 4.79 Å². The van der Waals surface area contributed by atoms with E-state index in [0.29, 0.717) is 16.4 Å². The molecule has 0 fully saturated rings. The SMILES string of the molecule is Cc1c(Cl)cccc1-n1ncc(N)cc1=O. The van der Waals surface area contributed by atoms with Gasteiger partial charge in [-0.25, -0.2) is 0 Å². The van der Waals surface area contributed by atoms with Crippen LogP contribution in [0.3, 0.4) is 0 Å². The Morgan fingerprint density at radius 3 is 2.88 bits per heavy atom. The molecule has 1 aromatic heterocycles. The lowest BCUT2D eigenvalue weighted by molar-refractivity contribution is 0.803. The summed E-state index contributed by atoms with van der Waals surface area (Å²) in [6.07, 6.45) is 1.43. The van der Waals surface area contributed by atoms with Crippen LogP contribution < -0.4 is 11.3 Å². The van der Waals surface area contributed by atoms with Crippen molar-refractivity contribution in [3.8, 4) is 5.69 Å². The van der Waals surface area contributed by atoms with Gasteiger partial charge in [0.2, 0.25) is 0 Å². The van der Waals surface area contributed by atoms with E-state index in [0.717, 1.165) is 5.56 Å². The summed E-state index contributed by atoms with van der Waals surface area (Å²) in [4.78, 5) is 11.7. The van der Waals surface area contributed by atoms with Crippen molar-refractivity contribution >= 4 is 17.3 Å². The molecule has 1 heterocycles. The number of hydrogen-bond acceptors (Lipinski definition) is 3. The third-order valence-corrected chi connectivity index (χ3v) is 2.70. The highest BCUT2D eigenvalue weighted by molar-refractivity contribution is 6.31. The van der Waals surface area contributed by atoms with Gasteiger partial charge in [-0.15, -0.1) is 0 Å². The summed E-state index contributed by atoms with van der Waals surface area (Å²) in [5, 5.41) is 4.57. The fraction of sp³-hybridized carbons (Fsp3) is 0.0909. The number of nitrogen functional groups attached to an aromatic ring is 1. The quantitative estimate of drug-likeness (QED) is 0.820. The van der Waals surface area contributed by atoms with Crippen molar-refractivity contribution in [3.05, 3.63) is 51.4 Å². The smallest absolute Gasteiger partial charge is 0.273 e. The molecule has 0 aliphatic carbocycles. The summed E-state index contributed by atoms with van der Waals surface area (Å²) in [6.45, 7) is 1.84. The zero-order valence-corrected chi connectivity index (χ0v) is 9.40. The first-order valence-corrected chi connectivity index (χ1v) is 5.08. The van der Waals surface area contributed by atoms with Gasteiger partial charge in [0.15, 0.2) is 0 Å². The van der Waals surface area contributed by atoms with Crippen LogP contribution in [0, 0.1) is 6.92 Å². The molecular formula is C11H10ClN3O. The van der Waals surface area contributed by atoms with Gasteiger partial charge in [-0.1, -0.05) is 17.7 Å². The lowest BCUT2D eigenvalue weighted by atomic mass is 10.2. The number of aromatic nitrogens is 2. The van der Waals surface area contributed by atoms with Gasteiger partial charge in [0.1, 0.15) is 0 Å². The minimum Gasteiger partial charge on any atom is -0.397 e. The maximum atomic E-state index is 11.7. The van der Waals surface area contributed by atoms with Crippen LogP contribution >= 0.6 is 11.6 Å². The second-order valence-electron chi connectivity index (χ2n) is 3.42. The molecule has 0 unspecified atom stereocenters. The average molecular weight is 236 g/mol. The molecule has 2 aromatic rings. The number of nitrogens with two attached hydrogens (primary N) is 1. The molecular weight excluding hydrogens is 226 g/mol. The van der Waals surface area contributed by atoms with Gasteiger partial charge in [-0.05, 0) is 24.6 Å². The molecule has 0 bridgehead atoms. The largest absolute Gasteiger partial charge is 0.397 e. The molecule has 2 rings (SSSR count). The highest BCUT2D eigenvalue weighted by Gasteiger charge is 2.06. The van der Waals surface area contributed by atoms with Crippen LogP contribution in [0.1, 0.15) is 5.56 Å². The van der Waals surface area contributed by atoms with Crippen LogP contribution in [-0.4, -0.2) is 9.78 Å². The standard InChI is InChI=1S/C11H10ClN3O/c1-7-9(12)3-2-4-10(7)15-11(16)5-8(13)6-14-15/h2-6H,13H2,1H3. The number of nitrogens with zero attached hydrogens (tertiary/aromatic N) is 2. The third-order valence-electron chi connectivity index (χ3n) is 2.29. The van der Waals surface area contributed by atoms with Gasteiger partial charge in [-0.2, -0.15) is 9.78 Å². The molecule has 2 N–H and O–H groups in total. The normalized spacial score (nSPS) is 10.4. The number of benzene rings is 1. The Labute approximate surface area is 97.3 Å². The van der Waals surface area contributed by atoms with Crippen molar-refractivity contribution in [1.82, 2.24) is 9.78 Å². The Morgan fingerprint density at radius 1 is 1.44 bits per heavy atom. The van der Waals surface area contributed by atoms with Gasteiger partial charge in [0.25, 0.3) is 5.56 Å². The first-order valence-electron chi connectivity index (χ1n) is 4.70. The Morgan fingerprint density at radius 2 is 2.19 bits per heavy atom. The number of anilines is 1. The molecule has 0 amide bonds. The van der Waals surface area contributed by atoms with E-state index in [2.05, 4.69) is 5.10 Å². The fourth-order valence-electron chi connectivity index (χ4n) is 1.43. The van der Waals surface area contributed by atoms with Crippen molar-refractivity contribution in [2.45, 2.75) is 6.92 Å². The molecule has 0 aliphatic rings. The zero-order chi connectivity index (χ0) is 11.7. The molecule has 0 aliphatic heterocycles. The number of rotatable bonds is 1. The lowest BCUT2D eigenvalue weighted by Crippen LogP contribution is -2.21. The molecule has 82 valence electrons. The van der Waals surface area contributed by atoms with Crippen molar-refractivity contribution in [2.75, 3.05) is 5.73 Å². The van der Waals surface area contributed by atoms with Crippen LogP contribution in [0.25, 0.3) is 5.69 Å². The summed E-state index contributed by atoms with van der Waals surface area (Å²) in [7, 11) is 0. The van der Waals surface area contributed by atoms with Crippen LogP contribution in [0.5, 0.6) is 0 Å². The second kappa shape index (κ2) is 3.98. The first-order chi connectivity index (χ1) is 7.59. The predicted molar refractivity (Wildman–Crippen MR) is 64.0 cm³/mol. The fourth-order valence-corrected chi connectivity index (χ4v) is 1.60. The van der Waals surface area contributed by atoms with Crippen LogP contribution in [0.2, 0.25) is 5.02 Å². The van der Waals surface area contributed by atoms with E-state index in [-0.39, 0.29) is 5.56 Å². The monoisotopic (exact) mass is 235 g/mol. The summed E-state index contributed by atoms with van der Waals surface area (Å²) >= 11 is 5.98.